The van der Waals surface area contributed by atoms with Gasteiger partial charge < -0.3 is 5.32 Å². The van der Waals surface area contributed by atoms with E-state index in [0.29, 0.717) is 12.5 Å². The molecule has 19 heavy (non-hydrogen) atoms. The van der Waals surface area contributed by atoms with Crippen molar-refractivity contribution in [2.24, 2.45) is 5.92 Å². The first kappa shape index (κ1) is 14.9. The highest BCUT2D eigenvalue weighted by Crippen LogP contribution is 2.25. The summed E-state index contributed by atoms with van der Waals surface area (Å²) >= 11 is 0. The topological polar surface area (TPSA) is 91.8 Å². The minimum Gasteiger partial charge on any atom is -0.364 e. The minimum atomic E-state index is -0.567. The molecule has 0 saturated carbocycles. The van der Waals surface area contributed by atoms with Crippen molar-refractivity contribution >= 4 is 11.5 Å². The maximum absolute atomic E-state index is 11.0. The molecule has 1 heterocycles. The summed E-state index contributed by atoms with van der Waals surface area (Å²) in [5.41, 5.74) is -0.210. The van der Waals surface area contributed by atoms with Crippen molar-refractivity contribution in [2.45, 2.75) is 33.1 Å². The van der Waals surface area contributed by atoms with Gasteiger partial charge in [-0.3, -0.25) is 10.1 Å². The number of rotatable bonds is 7. The standard InChI is InChI=1S/C13H18N4O2/c1-10(2)5-3-4-7-15-13-12(17(18)19)11(9-14)6-8-16-13/h6,8,10H,3-5,7H2,1-2H3,(H,15,16). The van der Waals surface area contributed by atoms with Gasteiger partial charge in [-0.15, -0.1) is 0 Å². The van der Waals surface area contributed by atoms with Crippen molar-refractivity contribution in [3.05, 3.63) is 27.9 Å². The summed E-state index contributed by atoms with van der Waals surface area (Å²) in [4.78, 5) is 14.3. The van der Waals surface area contributed by atoms with Crippen LogP contribution in [0.1, 0.15) is 38.7 Å². The molecule has 0 saturated heterocycles. The Bertz CT molecular complexity index is 480. The quantitative estimate of drug-likeness (QED) is 0.463. The smallest absolute Gasteiger partial charge is 0.328 e. The van der Waals surface area contributed by atoms with E-state index in [1.165, 1.54) is 12.3 Å². The molecule has 1 aromatic rings. The van der Waals surface area contributed by atoms with Crippen LogP contribution in [0.25, 0.3) is 0 Å². The molecule has 0 aromatic carbocycles. The lowest BCUT2D eigenvalue weighted by molar-refractivity contribution is -0.384. The highest BCUT2D eigenvalue weighted by molar-refractivity contribution is 5.63. The summed E-state index contributed by atoms with van der Waals surface area (Å²) in [5, 5.41) is 22.7. The maximum Gasteiger partial charge on any atom is 0.328 e. The fraction of sp³-hybridized carbons (Fsp3) is 0.538. The Morgan fingerprint density at radius 3 is 2.84 bits per heavy atom. The van der Waals surface area contributed by atoms with Gasteiger partial charge in [0, 0.05) is 12.7 Å². The molecule has 1 aromatic heterocycles. The first-order chi connectivity index (χ1) is 9.06. The van der Waals surface area contributed by atoms with E-state index in [4.69, 9.17) is 5.26 Å². The summed E-state index contributed by atoms with van der Waals surface area (Å²) in [6.45, 7) is 4.95. The Morgan fingerprint density at radius 1 is 1.53 bits per heavy atom. The average molecular weight is 262 g/mol. The van der Waals surface area contributed by atoms with Gasteiger partial charge >= 0.3 is 5.69 Å². The number of hydrogen-bond donors (Lipinski definition) is 1. The number of pyridine rings is 1. The van der Waals surface area contributed by atoms with Crippen LogP contribution in [0.2, 0.25) is 0 Å². The molecule has 0 amide bonds. The molecule has 0 aliphatic carbocycles. The zero-order valence-electron chi connectivity index (χ0n) is 11.2. The predicted molar refractivity (Wildman–Crippen MR) is 72.8 cm³/mol. The highest BCUT2D eigenvalue weighted by Gasteiger charge is 2.20. The third kappa shape index (κ3) is 4.54. The van der Waals surface area contributed by atoms with Gasteiger partial charge in [0.25, 0.3) is 0 Å². The molecule has 0 spiro atoms. The SMILES string of the molecule is CC(C)CCCCNc1nccc(C#N)c1[N+](=O)[O-]. The fourth-order valence-electron chi connectivity index (χ4n) is 1.74. The Labute approximate surface area is 112 Å². The third-order valence-electron chi connectivity index (χ3n) is 2.73. The number of nitrogens with zero attached hydrogens (tertiary/aromatic N) is 3. The molecular formula is C13H18N4O2. The average Bonchev–Trinajstić information content (AvgIpc) is 2.37. The lowest BCUT2D eigenvalue weighted by atomic mass is 10.1. The van der Waals surface area contributed by atoms with Gasteiger partial charge in [0.15, 0.2) is 0 Å². The van der Waals surface area contributed by atoms with E-state index in [1.807, 2.05) is 6.07 Å². The van der Waals surface area contributed by atoms with E-state index in [-0.39, 0.29) is 17.1 Å². The van der Waals surface area contributed by atoms with Crippen LogP contribution in [0.5, 0.6) is 0 Å². The number of nitriles is 1. The van der Waals surface area contributed by atoms with Gasteiger partial charge in [0.2, 0.25) is 5.82 Å². The van der Waals surface area contributed by atoms with E-state index < -0.39 is 4.92 Å². The van der Waals surface area contributed by atoms with Gasteiger partial charge in [0.05, 0.1) is 4.92 Å². The van der Waals surface area contributed by atoms with Crippen LogP contribution in [0.15, 0.2) is 12.3 Å². The minimum absolute atomic E-state index is 0.0321. The monoisotopic (exact) mass is 262 g/mol. The van der Waals surface area contributed by atoms with Gasteiger partial charge in [0.1, 0.15) is 11.6 Å². The molecule has 6 nitrogen and oxygen atoms in total. The molecule has 0 bridgehead atoms. The summed E-state index contributed by atoms with van der Waals surface area (Å²) in [6, 6.07) is 3.16. The predicted octanol–water partition coefficient (Wildman–Crippen LogP) is 3.10. The first-order valence-electron chi connectivity index (χ1n) is 6.33. The van der Waals surface area contributed by atoms with Crippen LogP contribution >= 0.6 is 0 Å². The second-order valence-corrected chi connectivity index (χ2v) is 4.74. The Morgan fingerprint density at radius 2 is 2.26 bits per heavy atom. The number of aromatic nitrogens is 1. The first-order valence-corrected chi connectivity index (χ1v) is 6.33. The Kier molecular flexibility index (Phi) is 5.73. The zero-order chi connectivity index (χ0) is 14.3. The van der Waals surface area contributed by atoms with E-state index in [0.717, 1.165) is 19.3 Å². The van der Waals surface area contributed by atoms with Crippen molar-refractivity contribution in [3.63, 3.8) is 0 Å². The Hall–Kier alpha value is -2.16. The summed E-state index contributed by atoms with van der Waals surface area (Å²) in [7, 11) is 0. The second kappa shape index (κ2) is 7.31. The second-order valence-electron chi connectivity index (χ2n) is 4.74. The van der Waals surface area contributed by atoms with Crippen molar-refractivity contribution in [2.75, 3.05) is 11.9 Å². The number of unbranched alkanes of at least 4 members (excludes halogenated alkanes) is 1. The van der Waals surface area contributed by atoms with Crippen LogP contribution < -0.4 is 5.32 Å². The molecule has 0 aliphatic heterocycles. The van der Waals surface area contributed by atoms with Crippen molar-refractivity contribution in [3.8, 4) is 6.07 Å². The van der Waals surface area contributed by atoms with Crippen LogP contribution in [0, 0.1) is 27.4 Å². The lowest BCUT2D eigenvalue weighted by Gasteiger charge is -2.07. The van der Waals surface area contributed by atoms with E-state index in [2.05, 4.69) is 24.1 Å². The van der Waals surface area contributed by atoms with Gasteiger partial charge in [-0.25, -0.2) is 4.98 Å². The van der Waals surface area contributed by atoms with Crippen LogP contribution in [-0.2, 0) is 0 Å². The van der Waals surface area contributed by atoms with E-state index in [1.54, 1.807) is 0 Å². The van der Waals surface area contributed by atoms with Crippen LogP contribution in [-0.4, -0.2) is 16.5 Å². The molecule has 0 aliphatic rings. The molecule has 0 radical (unpaired) electrons. The van der Waals surface area contributed by atoms with Gasteiger partial charge in [-0.1, -0.05) is 26.7 Å². The van der Waals surface area contributed by atoms with Crippen LogP contribution in [0.4, 0.5) is 11.5 Å². The number of nitro groups is 1. The normalized spacial score (nSPS) is 10.2. The molecule has 1 N–H and O–H groups in total. The molecule has 0 unspecified atom stereocenters. The third-order valence-corrected chi connectivity index (χ3v) is 2.73. The molecule has 0 fully saturated rings. The zero-order valence-corrected chi connectivity index (χ0v) is 11.2. The Balaban J connectivity index is 2.64. The molecule has 1 rings (SSSR count). The van der Waals surface area contributed by atoms with Crippen LogP contribution in [0.3, 0.4) is 0 Å². The maximum atomic E-state index is 11.0. The summed E-state index contributed by atoms with van der Waals surface area (Å²) in [5.74, 6) is 0.836. The van der Waals surface area contributed by atoms with Crippen molar-refractivity contribution < 1.29 is 4.92 Å². The van der Waals surface area contributed by atoms with Gasteiger partial charge in [-0.2, -0.15) is 5.26 Å². The van der Waals surface area contributed by atoms with Crippen molar-refractivity contribution in [1.29, 1.82) is 5.26 Å². The fourth-order valence-corrected chi connectivity index (χ4v) is 1.74. The lowest BCUT2D eigenvalue weighted by Crippen LogP contribution is -2.07. The van der Waals surface area contributed by atoms with E-state index >= 15 is 0 Å². The largest absolute Gasteiger partial charge is 0.364 e. The van der Waals surface area contributed by atoms with E-state index in [9.17, 15) is 10.1 Å². The summed E-state index contributed by atoms with van der Waals surface area (Å²) < 4.78 is 0. The summed E-state index contributed by atoms with van der Waals surface area (Å²) in [6.07, 6.45) is 4.53. The van der Waals surface area contributed by atoms with Gasteiger partial charge in [-0.05, 0) is 18.4 Å². The number of nitrogens with one attached hydrogen (secondary N) is 1. The molecular weight excluding hydrogens is 244 g/mol. The number of anilines is 1. The molecule has 102 valence electrons. The molecule has 6 heteroatoms. The molecule has 0 atom stereocenters. The highest BCUT2D eigenvalue weighted by atomic mass is 16.6. The van der Waals surface area contributed by atoms with Crippen molar-refractivity contribution in [1.82, 2.24) is 4.98 Å². The number of hydrogen-bond acceptors (Lipinski definition) is 5.